The van der Waals surface area contributed by atoms with Gasteiger partial charge in [-0.2, -0.15) is 0 Å². The van der Waals surface area contributed by atoms with Gasteiger partial charge in [-0.05, 0) is 25.7 Å². The van der Waals surface area contributed by atoms with E-state index in [0.717, 1.165) is 13.0 Å². The van der Waals surface area contributed by atoms with Crippen LogP contribution in [0.15, 0.2) is 0 Å². The third kappa shape index (κ3) is 3.95. The maximum Gasteiger partial charge on any atom is 0.226 e. The van der Waals surface area contributed by atoms with Crippen molar-refractivity contribution in [2.45, 2.75) is 46.1 Å². The van der Waals surface area contributed by atoms with Crippen molar-refractivity contribution < 1.29 is 4.79 Å². The zero-order chi connectivity index (χ0) is 11.4. The Balaban J connectivity index is 0.00000225. The molecule has 3 unspecified atom stereocenters. The normalized spacial score (nSPS) is 27.9. The molecule has 1 aliphatic heterocycles. The summed E-state index contributed by atoms with van der Waals surface area (Å²) in [4.78, 5) is 14.1. The lowest BCUT2D eigenvalue weighted by Gasteiger charge is -2.30. The van der Waals surface area contributed by atoms with Crippen LogP contribution in [0, 0.1) is 11.8 Å². The molecule has 0 aromatic rings. The Labute approximate surface area is 105 Å². The fourth-order valence-corrected chi connectivity index (χ4v) is 2.22. The Morgan fingerprint density at radius 3 is 2.62 bits per heavy atom. The maximum atomic E-state index is 12.1. The third-order valence-electron chi connectivity index (χ3n) is 3.42. The van der Waals surface area contributed by atoms with Gasteiger partial charge < -0.3 is 10.6 Å². The fraction of sp³-hybridized carbons (Fsp3) is 0.917. The first-order valence-corrected chi connectivity index (χ1v) is 6.06. The van der Waals surface area contributed by atoms with E-state index in [1.54, 1.807) is 0 Å². The lowest BCUT2D eigenvalue weighted by Crippen LogP contribution is -2.44. The van der Waals surface area contributed by atoms with Crippen LogP contribution in [0.5, 0.6) is 0 Å². The Hall–Kier alpha value is -0.280. The molecular weight excluding hydrogens is 224 g/mol. The van der Waals surface area contributed by atoms with Crippen molar-refractivity contribution in [1.82, 2.24) is 4.90 Å². The standard InChI is InChI=1S/C12H24N2O.ClH/c1-9-5-4-6-11(3)14(8-9)12(15)10(2)7-13;/h9-11H,4-8,13H2,1-3H3;1H. The smallest absolute Gasteiger partial charge is 0.226 e. The molecule has 96 valence electrons. The summed E-state index contributed by atoms with van der Waals surface area (Å²) < 4.78 is 0. The monoisotopic (exact) mass is 248 g/mol. The number of amides is 1. The van der Waals surface area contributed by atoms with Crippen molar-refractivity contribution in [3.8, 4) is 0 Å². The van der Waals surface area contributed by atoms with Crippen LogP contribution >= 0.6 is 12.4 Å². The Kier molecular flexibility index (Phi) is 7.00. The van der Waals surface area contributed by atoms with Crippen LogP contribution in [0.4, 0.5) is 0 Å². The minimum Gasteiger partial charge on any atom is -0.339 e. The summed E-state index contributed by atoms with van der Waals surface area (Å²) in [5, 5.41) is 0. The van der Waals surface area contributed by atoms with E-state index in [1.807, 2.05) is 11.8 Å². The van der Waals surface area contributed by atoms with Crippen molar-refractivity contribution in [3.63, 3.8) is 0 Å². The third-order valence-corrected chi connectivity index (χ3v) is 3.42. The number of hydrogen-bond donors (Lipinski definition) is 1. The van der Waals surface area contributed by atoms with E-state index in [0.29, 0.717) is 18.5 Å². The van der Waals surface area contributed by atoms with Gasteiger partial charge in [-0.3, -0.25) is 4.79 Å². The molecule has 0 spiro atoms. The molecule has 1 aliphatic rings. The summed E-state index contributed by atoms with van der Waals surface area (Å²) in [5.41, 5.74) is 5.55. The topological polar surface area (TPSA) is 46.3 Å². The van der Waals surface area contributed by atoms with E-state index in [1.165, 1.54) is 12.8 Å². The van der Waals surface area contributed by atoms with Crippen LogP contribution in [0.1, 0.15) is 40.0 Å². The molecule has 1 heterocycles. The predicted molar refractivity (Wildman–Crippen MR) is 69.7 cm³/mol. The van der Waals surface area contributed by atoms with Crippen LogP contribution in [0.25, 0.3) is 0 Å². The number of nitrogens with zero attached hydrogens (tertiary/aromatic N) is 1. The first kappa shape index (κ1) is 15.7. The zero-order valence-electron chi connectivity index (χ0n) is 10.6. The van der Waals surface area contributed by atoms with E-state index in [9.17, 15) is 4.79 Å². The van der Waals surface area contributed by atoms with Gasteiger partial charge in [-0.1, -0.05) is 20.3 Å². The van der Waals surface area contributed by atoms with E-state index in [2.05, 4.69) is 13.8 Å². The summed E-state index contributed by atoms with van der Waals surface area (Å²) in [5.74, 6) is 0.834. The molecule has 0 saturated carbocycles. The summed E-state index contributed by atoms with van der Waals surface area (Å²) in [6.07, 6.45) is 3.61. The van der Waals surface area contributed by atoms with Crippen LogP contribution in [0.3, 0.4) is 0 Å². The van der Waals surface area contributed by atoms with Crippen molar-refractivity contribution >= 4 is 18.3 Å². The van der Waals surface area contributed by atoms with Gasteiger partial charge in [-0.15, -0.1) is 12.4 Å². The van der Waals surface area contributed by atoms with Crippen molar-refractivity contribution in [2.75, 3.05) is 13.1 Å². The van der Waals surface area contributed by atoms with Gasteiger partial charge in [0, 0.05) is 25.0 Å². The Morgan fingerprint density at radius 1 is 1.44 bits per heavy atom. The molecule has 0 radical (unpaired) electrons. The van der Waals surface area contributed by atoms with E-state index in [-0.39, 0.29) is 24.2 Å². The molecule has 0 aromatic carbocycles. The average molecular weight is 249 g/mol. The zero-order valence-corrected chi connectivity index (χ0v) is 11.4. The largest absolute Gasteiger partial charge is 0.339 e. The highest BCUT2D eigenvalue weighted by Crippen LogP contribution is 2.22. The lowest BCUT2D eigenvalue weighted by atomic mass is 10.1. The summed E-state index contributed by atoms with van der Waals surface area (Å²) >= 11 is 0. The SMILES string of the molecule is CC1CCCC(C)N(C(=O)C(C)CN)C1.Cl. The number of carbonyl (C=O) groups is 1. The molecule has 0 aromatic heterocycles. The second kappa shape index (κ2) is 7.13. The highest BCUT2D eigenvalue weighted by Gasteiger charge is 2.27. The highest BCUT2D eigenvalue weighted by atomic mass is 35.5. The fourth-order valence-electron chi connectivity index (χ4n) is 2.22. The quantitative estimate of drug-likeness (QED) is 0.813. The first-order valence-electron chi connectivity index (χ1n) is 6.06. The first-order chi connectivity index (χ1) is 7.06. The van der Waals surface area contributed by atoms with E-state index < -0.39 is 0 Å². The molecule has 1 rings (SSSR count). The predicted octanol–water partition coefficient (Wildman–Crippen LogP) is 2.04. The molecule has 4 heteroatoms. The molecule has 1 amide bonds. The van der Waals surface area contributed by atoms with Crippen molar-refractivity contribution in [1.29, 1.82) is 0 Å². The van der Waals surface area contributed by atoms with Gasteiger partial charge in [0.05, 0.1) is 0 Å². The Bertz CT molecular complexity index is 223. The van der Waals surface area contributed by atoms with E-state index in [4.69, 9.17) is 5.73 Å². The van der Waals surface area contributed by atoms with Crippen molar-refractivity contribution in [2.24, 2.45) is 17.6 Å². The number of carbonyl (C=O) groups excluding carboxylic acids is 1. The van der Waals surface area contributed by atoms with Gasteiger partial charge in [0.2, 0.25) is 5.91 Å². The lowest BCUT2D eigenvalue weighted by molar-refractivity contribution is -0.137. The highest BCUT2D eigenvalue weighted by molar-refractivity contribution is 5.85. The van der Waals surface area contributed by atoms with Crippen LogP contribution < -0.4 is 5.73 Å². The molecule has 3 atom stereocenters. The van der Waals surface area contributed by atoms with Crippen LogP contribution in [0.2, 0.25) is 0 Å². The van der Waals surface area contributed by atoms with E-state index >= 15 is 0 Å². The van der Waals surface area contributed by atoms with Crippen molar-refractivity contribution in [3.05, 3.63) is 0 Å². The number of rotatable bonds is 2. The number of halogens is 1. The summed E-state index contributed by atoms with van der Waals surface area (Å²) in [6.45, 7) is 7.66. The number of likely N-dealkylation sites (tertiary alicyclic amines) is 1. The number of nitrogens with two attached hydrogens (primary N) is 1. The Morgan fingerprint density at radius 2 is 2.06 bits per heavy atom. The van der Waals surface area contributed by atoms with Crippen LogP contribution in [-0.2, 0) is 4.79 Å². The number of hydrogen-bond acceptors (Lipinski definition) is 2. The molecular formula is C12H25ClN2O. The average Bonchev–Trinajstić information content (AvgIpc) is 2.38. The second-order valence-corrected chi connectivity index (χ2v) is 5.01. The second-order valence-electron chi connectivity index (χ2n) is 5.01. The minimum atomic E-state index is -0.0299. The minimum absolute atomic E-state index is 0. The molecule has 1 fully saturated rings. The van der Waals surface area contributed by atoms with Gasteiger partial charge in [0.15, 0.2) is 0 Å². The molecule has 3 nitrogen and oxygen atoms in total. The molecule has 0 aliphatic carbocycles. The van der Waals surface area contributed by atoms with Gasteiger partial charge in [-0.25, -0.2) is 0 Å². The molecule has 1 saturated heterocycles. The summed E-state index contributed by atoms with van der Waals surface area (Å²) in [6, 6.07) is 0.386. The molecule has 2 N–H and O–H groups in total. The summed E-state index contributed by atoms with van der Waals surface area (Å²) in [7, 11) is 0. The van der Waals surface area contributed by atoms with Crippen LogP contribution in [-0.4, -0.2) is 29.9 Å². The van der Waals surface area contributed by atoms with Gasteiger partial charge >= 0.3 is 0 Å². The molecule has 16 heavy (non-hydrogen) atoms. The maximum absolute atomic E-state index is 12.1. The van der Waals surface area contributed by atoms with Gasteiger partial charge in [0.25, 0.3) is 0 Å². The molecule has 0 bridgehead atoms. The van der Waals surface area contributed by atoms with Gasteiger partial charge in [0.1, 0.15) is 0 Å².